The maximum Gasteiger partial charge on any atom is 0.509 e. The van der Waals surface area contributed by atoms with Gasteiger partial charge < -0.3 is 14.3 Å². The predicted molar refractivity (Wildman–Crippen MR) is 53.4 cm³/mol. The van der Waals surface area contributed by atoms with Crippen LogP contribution in [0, 0.1) is 10.1 Å². The molecule has 7 nitrogen and oxygen atoms in total. The van der Waals surface area contributed by atoms with E-state index in [2.05, 4.69) is 14.3 Å². The number of halogens is 1. The molecule has 0 aromatic rings. The number of carbonyl (C=O) groups is 1. The molecule has 0 saturated heterocycles. The molecule has 0 aliphatic heterocycles. The van der Waals surface area contributed by atoms with Crippen LogP contribution in [0.2, 0.25) is 0 Å². The molecule has 0 amide bonds. The number of nitrogens with zero attached hydrogens (tertiary/aromatic N) is 1. The van der Waals surface area contributed by atoms with Gasteiger partial charge in [-0.1, -0.05) is 11.6 Å². The van der Waals surface area contributed by atoms with E-state index in [1.165, 1.54) is 11.8 Å². The number of hydrogen-bond donors (Lipinski definition) is 0. The topological polar surface area (TPSA) is 87.9 Å². The fourth-order valence-electron chi connectivity index (χ4n) is 0.543. The van der Waals surface area contributed by atoms with E-state index in [9.17, 15) is 14.9 Å². The molecule has 0 aromatic heterocycles. The average Bonchev–Trinajstić information content (AvgIpc) is 2.16. The molecule has 0 radical (unpaired) electrons. The molecule has 0 bridgehead atoms. The van der Waals surface area contributed by atoms with Crippen molar-refractivity contribution in [2.24, 2.45) is 0 Å². The van der Waals surface area contributed by atoms with Gasteiger partial charge in [-0.05, 0) is 0 Å². The lowest BCUT2D eigenvalue weighted by Crippen LogP contribution is -2.09. The highest BCUT2D eigenvalue weighted by molar-refractivity contribution is 7.99. The first kappa shape index (κ1) is 14.1. The third kappa shape index (κ3) is 11.0. The first-order valence-corrected chi connectivity index (χ1v) is 5.56. The van der Waals surface area contributed by atoms with E-state index < -0.39 is 11.2 Å². The third-order valence-electron chi connectivity index (χ3n) is 1.04. The van der Waals surface area contributed by atoms with E-state index >= 15 is 0 Å². The number of alkyl halides is 1. The predicted octanol–water partition coefficient (Wildman–Crippen LogP) is 1.28. The van der Waals surface area contributed by atoms with Gasteiger partial charge in [0, 0.05) is 11.5 Å². The molecule has 0 atom stereocenters. The Kier molecular flexibility index (Phi) is 9.08. The van der Waals surface area contributed by atoms with Crippen LogP contribution in [-0.2, 0) is 14.3 Å². The van der Waals surface area contributed by atoms with Crippen LogP contribution in [0.15, 0.2) is 0 Å². The van der Waals surface area contributed by atoms with Crippen LogP contribution in [0.1, 0.15) is 0 Å². The van der Waals surface area contributed by atoms with Crippen molar-refractivity contribution in [3.05, 3.63) is 10.1 Å². The summed E-state index contributed by atoms with van der Waals surface area (Å²) in [6, 6.07) is -0.247. The first-order chi connectivity index (χ1) is 7.16. The van der Waals surface area contributed by atoms with Crippen molar-refractivity contribution >= 4 is 29.5 Å². The van der Waals surface area contributed by atoms with Gasteiger partial charge in [0.2, 0.25) is 0 Å². The first-order valence-electron chi connectivity index (χ1n) is 3.87. The number of thioether (sulfide) groups is 1. The Morgan fingerprint density at radius 1 is 1.33 bits per heavy atom. The summed E-state index contributed by atoms with van der Waals surface area (Å²) >= 11 is 6.46. The van der Waals surface area contributed by atoms with E-state index in [1.54, 1.807) is 0 Å². The highest BCUT2D eigenvalue weighted by Crippen LogP contribution is 2.00. The number of ether oxygens (including phenoxy) is 2. The monoisotopic (exact) mass is 259 g/mol. The Hall–Kier alpha value is -0.890. The highest BCUT2D eigenvalue weighted by Gasteiger charge is 2.01. The van der Waals surface area contributed by atoms with Crippen LogP contribution < -0.4 is 0 Å². The van der Waals surface area contributed by atoms with Gasteiger partial charge in [-0.2, -0.15) is 11.8 Å². The number of carbonyl (C=O) groups excluding carboxylic acids is 1. The Balaban J connectivity index is 3.11. The van der Waals surface area contributed by atoms with E-state index in [4.69, 9.17) is 11.6 Å². The highest BCUT2D eigenvalue weighted by atomic mass is 35.5. The third-order valence-corrected chi connectivity index (χ3v) is 2.06. The zero-order chi connectivity index (χ0) is 11.5. The molecule has 9 heteroatoms. The van der Waals surface area contributed by atoms with Gasteiger partial charge in [0.25, 0.3) is 5.09 Å². The van der Waals surface area contributed by atoms with Gasteiger partial charge in [0.1, 0.15) is 13.2 Å². The maximum absolute atomic E-state index is 10.6. The summed E-state index contributed by atoms with van der Waals surface area (Å²) in [7, 11) is 0. The van der Waals surface area contributed by atoms with Crippen molar-refractivity contribution < 1.29 is 24.2 Å². The molecule has 0 aromatic carbocycles. The second-order valence-electron chi connectivity index (χ2n) is 2.02. The van der Waals surface area contributed by atoms with Gasteiger partial charge in [-0.15, -0.1) is 10.1 Å². The maximum atomic E-state index is 10.6. The molecule has 15 heavy (non-hydrogen) atoms. The summed E-state index contributed by atoms with van der Waals surface area (Å²) in [4.78, 5) is 24.4. The Morgan fingerprint density at radius 2 is 2.00 bits per heavy atom. The molecule has 0 spiro atoms. The van der Waals surface area contributed by atoms with Crippen LogP contribution in [-0.4, -0.2) is 42.0 Å². The van der Waals surface area contributed by atoms with Crippen molar-refractivity contribution in [2.75, 3.05) is 30.8 Å². The van der Waals surface area contributed by atoms with Gasteiger partial charge in [0.05, 0.1) is 0 Å². The zero-order valence-electron chi connectivity index (χ0n) is 7.72. The van der Waals surface area contributed by atoms with Crippen molar-refractivity contribution in [2.45, 2.75) is 0 Å². The number of rotatable bonds is 8. The summed E-state index contributed by atoms with van der Waals surface area (Å²) in [5.41, 5.74) is 0. The van der Waals surface area contributed by atoms with E-state index in [0.717, 1.165) is 0 Å². The van der Waals surface area contributed by atoms with E-state index in [0.29, 0.717) is 11.5 Å². The van der Waals surface area contributed by atoms with Crippen LogP contribution in [0.5, 0.6) is 0 Å². The van der Waals surface area contributed by atoms with Crippen LogP contribution in [0.4, 0.5) is 4.79 Å². The molecule has 0 saturated carbocycles. The lowest BCUT2D eigenvalue weighted by atomic mass is 10.8. The Morgan fingerprint density at radius 3 is 2.60 bits per heavy atom. The Bertz CT molecular complexity index is 204. The van der Waals surface area contributed by atoms with Gasteiger partial charge in [-0.25, -0.2) is 4.79 Å². The molecular formula is C6H10ClNO6S. The number of hydrogen-bond acceptors (Lipinski definition) is 7. The summed E-state index contributed by atoms with van der Waals surface area (Å²) in [5.74, 6) is 0.966. The molecule has 0 fully saturated rings. The lowest BCUT2D eigenvalue weighted by molar-refractivity contribution is -0.756. The quantitative estimate of drug-likeness (QED) is 0.213. The molecule has 0 N–H and O–H groups in total. The normalized spacial score (nSPS) is 9.40. The minimum absolute atomic E-state index is 0.0177. The zero-order valence-corrected chi connectivity index (χ0v) is 9.29. The molecule has 0 aliphatic rings. The van der Waals surface area contributed by atoms with E-state index in [-0.39, 0.29) is 19.3 Å². The Labute approximate surface area is 95.1 Å². The summed E-state index contributed by atoms with van der Waals surface area (Å²) in [5, 5.41) is 8.87. The van der Waals surface area contributed by atoms with Crippen molar-refractivity contribution in [3.8, 4) is 0 Å². The molecule has 88 valence electrons. The second-order valence-corrected chi connectivity index (χ2v) is 3.46. The summed E-state index contributed by atoms with van der Waals surface area (Å²) in [6.45, 7) is 0.183. The summed E-state index contributed by atoms with van der Waals surface area (Å²) in [6.07, 6.45) is -0.827. The minimum Gasteiger partial charge on any atom is -0.433 e. The fraction of sp³-hybridized carbons (Fsp3) is 0.833. The molecule has 0 aliphatic carbocycles. The molecule has 0 heterocycles. The van der Waals surface area contributed by atoms with Crippen LogP contribution in [0.25, 0.3) is 0 Å². The molecule has 0 unspecified atom stereocenters. The second kappa shape index (κ2) is 9.66. The smallest absolute Gasteiger partial charge is 0.433 e. The van der Waals surface area contributed by atoms with Gasteiger partial charge in [-0.3, -0.25) is 0 Å². The van der Waals surface area contributed by atoms with Crippen LogP contribution in [0.3, 0.4) is 0 Å². The van der Waals surface area contributed by atoms with Gasteiger partial charge >= 0.3 is 6.16 Å². The van der Waals surface area contributed by atoms with Crippen LogP contribution >= 0.6 is 23.4 Å². The average molecular weight is 260 g/mol. The minimum atomic E-state index is -0.852. The van der Waals surface area contributed by atoms with Gasteiger partial charge in [0.15, 0.2) is 6.07 Å². The fourth-order valence-corrected chi connectivity index (χ4v) is 1.23. The van der Waals surface area contributed by atoms with Crippen molar-refractivity contribution in [1.82, 2.24) is 0 Å². The molecule has 0 rings (SSSR count). The molecular weight excluding hydrogens is 250 g/mol. The van der Waals surface area contributed by atoms with E-state index in [1.807, 2.05) is 0 Å². The summed E-state index contributed by atoms with van der Waals surface area (Å²) < 4.78 is 8.85. The largest absolute Gasteiger partial charge is 0.509 e. The lowest BCUT2D eigenvalue weighted by Gasteiger charge is -2.03. The SMILES string of the molecule is O=C(OCCl)OCCSCCO[N+](=O)[O-]. The standard InChI is InChI=1S/C6H10ClNO6S/c7-5-13-6(9)12-1-3-15-4-2-14-8(10)11/h1-5H2. The van der Waals surface area contributed by atoms with Crippen molar-refractivity contribution in [1.29, 1.82) is 0 Å². The van der Waals surface area contributed by atoms with Crippen molar-refractivity contribution in [3.63, 3.8) is 0 Å².